The van der Waals surface area contributed by atoms with Crippen LogP contribution < -0.4 is 4.74 Å². The van der Waals surface area contributed by atoms with Crippen molar-refractivity contribution in [3.8, 4) is 28.4 Å². The Morgan fingerprint density at radius 1 is 0.880 bits per heavy atom. The van der Waals surface area contributed by atoms with Crippen molar-refractivity contribution in [3.05, 3.63) is 77.4 Å². The summed E-state index contributed by atoms with van der Waals surface area (Å²) in [5.41, 5.74) is 5.82. The van der Waals surface area contributed by atoms with E-state index in [0.717, 1.165) is 23.3 Å². The predicted molar refractivity (Wildman–Crippen MR) is 98.3 cm³/mol. The number of phenolic OH excluding ortho intramolecular Hbond substituents is 2. The molecule has 0 saturated carbocycles. The predicted octanol–water partition coefficient (Wildman–Crippen LogP) is 4.99. The van der Waals surface area contributed by atoms with Crippen molar-refractivity contribution in [1.29, 1.82) is 0 Å². The molecule has 3 aromatic rings. The van der Waals surface area contributed by atoms with E-state index in [2.05, 4.69) is 25.1 Å². The van der Waals surface area contributed by atoms with Gasteiger partial charge in [-0.3, -0.25) is 0 Å². The molecule has 0 aromatic heterocycles. The average Bonchev–Trinajstić information content (AvgIpc) is 2.62. The minimum absolute atomic E-state index is 0.230. The van der Waals surface area contributed by atoms with Crippen molar-refractivity contribution < 1.29 is 14.9 Å². The maximum Gasteiger partial charge on any atom is 0.126 e. The first kappa shape index (κ1) is 15.6. The van der Waals surface area contributed by atoms with Crippen LogP contribution >= 0.6 is 0 Å². The molecule has 0 saturated heterocycles. The Balaban J connectivity index is 1.78. The Morgan fingerprint density at radius 3 is 2.44 bits per heavy atom. The van der Waals surface area contributed by atoms with Crippen LogP contribution in [0.25, 0.3) is 11.1 Å². The molecule has 126 valence electrons. The molecule has 0 fully saturated rings. The van der Waals surface area contributed by atoms with Crippen LogP contribution in [0.15, 0.2) is 60.7 Å². The van der Waals surface area contributed by atoms with Crippen LogP contribution in [0.3, 0.4) is 0 Å². The maximum absolute atomic E-state index is 9.70. The zero-order chi connectivity index (χ0) is 17.4. The molecule has 0 radical (unpaired) electrons. The number of aromatic hydroxyl groups is 2. The van der Waals surface area contributed by atoms with Gasteiger partial charge in [-0.1, -0.05) is 36.4 Å². The van der Waals surface area contributed by atoms with Gasteiger partial charge in [-0.05, 0) is 53.8 Å². The SMILES string of the molecule is Cc1ccc(C2CCOc3cc(O)ccc32)cc1-c1ccc(O)cc1. The van der Waals surface area contributed by atoms with Gasteiger partial charge >= 0.3 is 0 Å². The lowest BCUT2D eigenvalue weighted by molar-refractivity contribution is 0.275. The van der Waals surface area contributed by atoms with Crippen molar-refractivity contribution in [2.24, 2.45) is 0 Å². The van der Waals surface area contributed by atoms with Crippen molar-refractivity contribution in [2.75, 3.05) is 6.61 Å². The summed E-state index contributed by atoms with van der Waals surface area (Å²) in [7, 11) is 0. The first-order valence-corrected chi connectivity index (χ1v) is 8.47. The third-order valence-corrected chi connectivity index (χ3v) is 4.88. The molecule has 25 heavy (non-hydrogen) atoms. The fraction of sp³-hybridized carbons (Fsp3) is 0.182. The number of ether oxygens (including phenoxy) is 1. The maximum atomic E-state index is 9.70. The van der Waals surface area contributed by atoms with Crippen LogP contribution in [0.5, 0.6) is 17.2 Å². The fourth-order valence-corrected chi connectivity index (χ4v) is 3.53. The van der Waals surface area contributed by atoms with Crippen LogP contribution in [-0.4, -0.2) is 16.8 Å². The molecule has 3 heteroatoms. The van der Waals surface area contributed by atoms with E-state index in [9.17, 15) is 10.2 Å². The molecular formula is C22H20O3. The molecule has 1 unspecified atom stereocenters. The van der Waals surface area contributed by atoms with Gasteiger partial charge in [0, 0.05) is 17.5 Å². The summed E-state index contributed by atoms with van der Waals surface area (Å²) in [6.07, 6.45) is 0.913. The van der Waals surface area contributed by atoms with Gasteiger partial charge in [0.2, 0.25) is 0 Å². The monoisotopic (exact) mass is 332 g/mol. The van der Waals surface area contributed by atoms with Gasteiger partial charge in [-0.25, -0.2) is 0 Å². The highest BCUT2D eigenvalue weighted by atomic mass is 16.5. The summed E-state index contributed by atoms with van der Waals surface area (Å²) < 4.78 is 5.72. The number of hydrogen-bond donors (Lipinski definition) is 2. The minimum atomic E-state index is 0.230. The van der Waals surface area contributed by atoms with E-state index in [4.69, 9.17) is 4.74 Å². The number of rotatable bonds is 2. The summed E-state index contributed by atoms with van der Waals surface area (Å²) in [6.45, 7) is 2.74. The zero-order valence-corrected chi connectivity index (χ0v) is 14.1. The van der Waals surface area contributed by atoms with E-state index in [0.29, 0.717) is 6.61 Å². The molecule has 2 N–H and O–H groups in total. The average molecular weight is 332 g/mol. The van der Waals surface area contributed by atoms with Gasteiger partial charge in [0.15, 0.2) is 0 Å². The van der Waals surface area contributed by atoms with Crippen molar-refractivity contribution in [3.63, 3.8) is 0 Å². The second-order valence-electron chi connectivity index (χ2n) is 6.53. The Hall–Kier alpha value is -2.94. The Bertz CT molecular complexity index is 913. The summed E-state index contributed by atoms with van der Waals surface area (Å²) in [4.78, 5) is 0. The summed E-state index contributed by atoms with van der Waals surface area (Å²) in [6, 6.07) is 19.2. The molecule has 1 aliphatic rings. The molecular weight excluding hydrogens is 312 g/mol. The van der Waals surface area contributed by atoms with E-state index in [1.54, 1.807) is 24.3 Å². The third-order valence-electron chi connectivity index (χ3n) is 4.88. The van der Waals surface area contributed by atoms with E-state index < -0.39 is 0 Å². The lowest BCUT2D eigenvalue weighted by Gasteiger charge is -2.27. The second-order valence-corrected chi connectivity index (χ2v) is 6.53. The van der Waals surface area contributed by atoms with Crippen LogP contribution in [-0.2, 0) is 0 Å². The quantitative estimate of drug-likeness (QED) is 0.695. The molecule has 1 atom stereocenters. The molecule has 0 bridgehead atoms. The number of fused-ring (bicyclic) bond motifs is 1. The normalized spacial score (nSPS) is 16.1. The van der Waals surface area contributed by atoms with E-state index in [1.807, 2.05) is 18.2 Å². The number of aryl methyl sites for hydroxylation is 1. The topological polar surface area (TPSA) is 49.7 Å². The highest BCUT2D eigenvalue weighted by Crippen LogP contribution is 2.41. The Kier molecular flexibility index (Phi) is 3.85. The van der Waals surface area contributed by atoms with Gasteiger partial charge < -0.3 is 14.9 Å². The number of benzene rings is 3. The number of phenols is 2. The second kappa shape index (κ2) is 6.17. The van der Waals surface area contributed by atoms with Gasteiger partial charge in [-0.15, -0.1) is 0 Å². The largest absolute Gasteiger partial charge is 0.508 e. The van der Waals surface area contributed by atoms with Crippen LogP contribution in [0, 0.1) is 6.92 Å². The van der Waals surface area contributed by atoms with Crippen LogP contribution in [0.2, 0.25) is 0 Å². The van der Waals surface area contributed by atoms with Gasteiger partial charge in [0.25, 0.3) is 0 Å². The van der Waals surface area contributed by atoms with E-state index in [-0.39, 0.29) is 17.4 Å². The van der Waals surface area contributed by atoms with E-state index >= 15 is 0 Å². The van der Waals surface area contributed by atoms with Crippen LogP contribution in [0.1, 0.15) is 29.0 Å². The highest BCUT2D eigenvalue weighted by Gasteiger charge is 2.24. The fourth-order valence-electron chi connectivity index (χ4n) is 3.53. The summed E-state index contributed by atoms with van der Waals surface area (Å²) in [5, 5.41) is 19.2. The lowest BCUT2D eigenvalue weighted by atomic mass is 9.84. The molecule has 3 aromatic carbocycles. The number of hydrogen-bond acceptors (Lipinski definition) is 3. The molecule has 1 aliphatic heterocycles. The smallest absolute Gasteiger partial charge is 0.126 e. The molecule has 4 rings (SSSR count). The van der Waals surface area contributed by atoms with Crippen molar-refractivity contribution in [1.82, 2.24) is 0 Å². The first-order valence-electron chi connectivity index (χ1n) is 8.47. The molecule has 3 nitrogen and oxygen atoms in total. The lowest BCUT2D eigenvalue weighted by Crippen LogP contribution is -2.15. The van der Waals surface area contributed by atoms with Gasteiger partial charge in [-0.2, -0.15) is 0 Å². The third kappa shape index (κ3) is 2.93. The zero-order valence-electron chi connectivity index (χ0n) is 14.1. The van der Waals surface area contributed by atoms with Crippen molar-refractivity contribution >= 4 is 0 Å². The molecule has 0 amide bonds. The summed E-state index contributed by atoms with van der Waals surface area (Å²) in [5.74, 6) is 1.52. The minimum Gasteiger partial charge on any atom is -0.508 e. The van der Waals surface area contributed by atoms with Gasteiger partial charge in [0.1, 0.15) is 17.2 Å². The first-order chi connectivity index (χ1) is 12.1. The van der Waals surface area contributed by atoms with Crippen LogP contribution in [0.4, 0.5) is 0 Å². The molecule has 1 heterocycles. The molecule has 0 spiro atoms. The Labute approximate surface area is 147 Å². The Morgan fingerprint density at radius 2 is 1.64 bits per heavy atom. The summed E-state index contributed by atoms with van der Waals surface area (Å²) >= 11 is 0. The van der Waals surface area contributed by atoms with E-state index in [1.165, 1.54) is 16.7 Å². The van der Waals surface area contributed by atoms with Gasteiger partial charge in [0.05, 0.1) is 6.61 Å². The van der Waals surface area contributed by atoms with Crippen molar-refractivity contribution in [2.45, 2.75) is 19.3 Å². The molecule has 0 aliphatic carbocycles. The standard InChI is InChI=1S/C22H20O3/c1-14-2-3-16(12-21(14)15-4-6-17(23)7-5-15)19-10-11-25-22-13-18(24)8-9-20(19)22/h2-9,12-13,19,23-24H,10-11H2,1H3. The highest BCUT2D eigenvalue weighted by molar-refractivity contribution is 5.69.